The number of carbonyl (C=O) groups excluding carboxylic acids is 2. The van der Waals surface area contributed by atoms with Crippen molar-refractivity contribution in [1.82, 2.24) is 10.2 Å². The average molecular weight is 610 g/mol. The summed E-state index contributed by atoms with van der Waals surface area (Å²) in [7, 11) is -4.13. The standard InChI is InChI=1S/C33H40ClN3O4S/c1-4-30(33(39)35-28-12-8-9-13-28)36(21-20-26-10-6-5-7-11-26)32(38)23-37(31-19-16-27(34)22-25(31)3)42(40,41)29-17-14-24(2)15-18-29/h5-7,10-11,14-19,22,28,30H,4,8-9,12-13,20-21,23H2,1-3H3,(H,35,39). The molecule has 1 unspecified atom stereocenters. The number of hydrogen-bond acceptors (Lipinski definition) is 4. The molecule has 4 rings (SSSR count). The van der Waals surface area contributed by atoms with Gasteiger partial charge in [-0.25, -0.2) is 8.42 Å². The number of halogens is 1. The number of rotatable bonds is 12. The highest BCUT2D eigenvalue weighted by atomic mass is 35.5. The zero-order valence-electron chi connectivity index (χ0n) is 24.6. The molecule has 0 aliphatic heterocycles. The first-order chi connectivity index (χ1) is 20.1. The van der Waals surface area contributed by atoms with Crippen LogP contribution in [0.1, 0.15) is 55.7 Å². The van der Waals surface area contributed by atoms with Crippen molar-refractivity contribution in [1.29, 1.82) is 0 Å². The van der Waals surface area contributed by atoms with E-state index < -0.39 is 28.5 Å². The summed E-state index contributed by atoms with van der Waals surface area (Å²) in [6.45, 7) is 5.34. The van der Waals surface area contributed by atoms with Crippen LogP contribution in [0, 0.1) is 13.8 Å². The molecule has 1 aliphatic rings. The van der Waals surface area contributed by atoms with Crippen molar-refractivity contribution in [2.45, 2.75) is 76.3 Å². The van der Waals surface area contributed by atoms with Gasteiger partial charge in [-0.05, 0) is 81.0 Å². The smallest absolute Gasteiger partial charge is 0.264 e. The third kappa shape index (κ3) is 7.72. The maximum Gasteiger partial charge on any atom is 0.264 e. The van der Waals surface area contributed by atoms with E-state index in [-0.39, 0.29) is 23.4 Å². The van der Waals surface area contributed by atoms with Crippen LogP contribution in [0.15, 0.2) is 77.7 Å². The van der Waals surface area contributed by atoms with Gasteiger partial charge >= 0.3 is 0 Å². The van der Waals surface area contributed by atoms with Gasteiger partial charge in [0.05, 0.1) is 10.6 Å². The molecule has 1 N–H and O–H groups in total. The Hall–Kier alpha value is -3.36. The first-order valence-corrected chi connectivity index (χ1v) is 16.4. The van der Waals surface area contributed by atoms with Gasteiger partial charge in [-0.15, -0.1) is 0 Å². The molecule has 1 saturated carbocycles. The van der Waals surface area contributed by atoms with E-state index in [0.717, 1.165) is 41.1 Å². The SMILES string of the molecule is CCC(C(=O)NC1CCCC1)N(CCc1ccccc1)C(=O)CN(c1ccc(Cl)cc1C)S(=O)(=O)c1ccc(C)cc1. The number of nitrogens with zero attached hydrogens (tertiary/aromatic N) is 2. The molecule has 0 saturated heterocycles. The minimum Gasteiger partial charge on any atom is -0.352 e. The van der Waals surface area contributed by atoms with Crippen LogP contribution in [0.2, 0.25) is 5.02 Å². The van der Waals surface area contributed by atoms with Crippen molar-refractivity contribution in [3.63, 3.8) is 0 Å². The topological polar surface area (TPSA) is 86.8 Å². The van der Waals surface area contributed by atoms with E-state index >= 15 is 0 Å². The maximum atomic E-state index is 14.2. The molecular formula is C33H40ClN3O4S. The van der Waals surface area contributed by atoms with Crippen molar-refractivity contribution < 1.29 is 18.0 Å². The van der Waals surface area contributed by atoms with Crippen LogP contribution in [-0.2, 0) is 26.0 Å². The van der Waals surface area contributed by atoms with E-state index in [0.29, 0.717) is 29.1 Å². The predicted molar refractivity (Wildman–Crippen MR) is 168 cm³/mol. The Morgan fingerprint density at radius 3 is 2.26 bits per heavy atom. The summed E-state index contributed by atoms with van der Waals surface area (Å²) in [6, 6.07) is 20.6. The Morgan fingerprint density at radius 2 is 1.64 bits per heavy atom. The molecule has 7 nitrogen and oxygen atoms in total. The summed E-state index contributed by atoms with van der Waals surface area (Å²) in [5.41, 5.74) is 2.93. The fraction of sp³-hybridized carbons (Fsp3) is 0.394. The van der Waals surface area contributed by atoms with Crippen LogP contribution in [0.5, 0.6) is 0 Å². The van der Waals surface area contributed by atoms with Crippen molar-refractivity contribution in [2.24, 2.45) is 0 Å². The van der Waals surface area contributed by atoms with Gasteiger partial charge in [0, 0.05) is 17.6 Å². The van der Waals surface area contributed by atoms with Crippen LogP contribution in [0.3, 0.4) is 0 Å². The lowest BCUT2D eigenvalue weighted by Gasteiger charge is -2.34. The van der Waals surface area contributed by atoms with Crippen molar-refractivity contribution in [2.75, 3.05) is 17.4 Å². The maximum absolute atomic E-state index is 14.2. The second-order valence-electron chi connectivity index (χ2n) is 11.0. The van der Waals surface area contributed by atoms with E-state index in [1.54, 1.807) is 54.3 Å². The molecule has 0 bridgehead atoms. The fourth-order valence-corrected chi connectivity index (χ4v) is 7.22. The first kappa shape index (κ1) is 31.6. The molecule has 1 fully saturated rings. The van der Waals surface area contributed by atoms with Gasteiger partial charge in [0.15, 0.2) is 0 Å². The van der Waals surface area contributed by atoms with Gasteiger partial charge in [-0.3, -0.25) is 13.9 Å². The van der Waals surface area contributed by atoms with Gasteiger partial charge in [0.25, 0.3) is 10.0 Å². The summed E-state index contributed by atoms with van der Waals surface area (Å²) in [5, 5.41) is 3.61. The van der Waals surface area contributed by atoms with Crippen molar-refractivity contribution in [3.8, 4) is 0 Å². The second kappa shape index (κ2) is 14.2. The lowest BCUT2D eigenvalue weighted by molar-refractivity contribution is -0.139. The fourth-order valence-electron chi connectivity index (χ4n) is 5.51. The number of sulfonamides is 1. The quantitative estimate of drug-likeness (QED) is 0.270. The van der Waals surface area contributed by atoms with Crippen molar-refractivity contribution >= 4 is 39.1 Å². The normalized spacial score (nSPS) is 14.4. The number of benzene rings is 3. The van der Waals surface area contributed by atoms with Crippen molar-refractivity contribution in [3.05, 3.63) is 94.5 Å². The van der Waals surface area contributed by atoms with Crippen LogP contribution in [0.25, 0.3) is 0 Å². The van der Waals surface area contributed by atoms with Gasteiger partial charge in [0.1, 0.15) is 12.6 Å². The first-order valence-electron chi connectivity index (χ1n) is 14.6. The molecule has 0 aromatic heterocycles. The highest BCUT2D eigenvalue weighted by Crippen LogP contribution is 2.29. The van der Waals surface area contributed by atoms with Gasteiger partial charge in [0.2, 0.25) is 11.8 Å². The molecule has 0 heterocycles. The molecule has 224 valence electrons. The molecule has 2 amide bonds. The lowest BCUT2D eigenvalue weighted by Crippen LogP contribution is -2.54. The van der Waals surface area contributed by atoms with E-state index in [4.69, 9.17) is 11.6 Å². The van der Waals surface area contributed by atoms with E-state index in [1.165, 1.54) is 0 Å². The predicted octanol–water partition coefficient (Wildman–Crippen LogP) is 6.06. The Balaban J connectivity index is 1.70. The minimum absolute atomic E-state index is 0.0807. The summed E-state index contributed by atoms with van der Waals surface area (Å²) < 4.78 is 29.3. The van der Waals surface area contributed by atoms with Crippen LogP contribution in [-0.4, -0.2) is 50.3 Å². The van der Waals surface area contributed by atoms with Crippen LogP contribution >= 0.6 is 11.6 Å². The van der Waals surface area contributed by atoms with E-state index in [2.05, 4.69) is 5.32 Å². The van der Waals surface area contributed by atoms with Gasteiger partial charge in [-0.1, -0.05) is 79.4 Å². The molecule has 1 atom stereocenters. The highest BCUT2D eigenvalue weighted by Gasteiger charge is 2.34. The summed E-state index contributed by atoms with van der Waals surface area (Å²) in [6.07, 6.45) is 4.95. The minimum atomic E-state index is -4.13. The third-order valence-corrected chi connectivity index (χ3v) is 9.90. The molecule has 9 heteroatoms. The number of hydrogen-bond donors (Lipinski definition) is 1. The monoisotopic (exact) mass is 609 g/mol. The average Bonchev–Trinajstić information content (AvgIpc) is 3.48. The highest BCUT2D eigenvalue weighted by molar-refractivity contribution is 7.92. The Bertz CT molecular complexity index is 1470. The third-order valence-electron chi connectivity index (χ3n) is 7.89. The number of nitrogens with one attached hydrogen (secondary N) is 1. The summed E-state index contributed by atoms with van der Waals surface area (Å²) in [4.78, 5) is 29.4. The zero-order valence-corrected chi connectivity index (χ0v) is 26.1. The van der Waals surface area contributed by atoms with Gasteiger partial charge in [-0.2, -0.15) is 0 Å². The Morgan fingerprint density at radius 1 is 0.976 bits per heavy atom. The second-order valence-corrected chi connectivity index (χ2v) is 13.3. The van der Waals surface area contributed by atoms with Crippen LogP contribution < -0.4 is 9.62 Å². The molecule has 3 aromatic carbocycles. The van der Waals surface area contributed by atoms with Crippen LogP contribution in [0.4, 0.5) is 5.69 Å². The molecule has 0 spiro atoms. The Labute approximate surface area is 254 Å². The summed E-state index contributed by atoms with van der Waals surface area (Å²) in [5.74, 6) is -0.634. The number of carbonyl (C=O) groups is 2. The molecule has 1 aliphatic carbocycles. The summed E-state index contributed by atoms with van der Waals surface area (Å²) >= 11 is 6.20. The van der Waals surface area contributed by atoms with Gasteiger partial charge < -0.3 is 10.2 Å². The molecule has 0 radical (unpaired) electrons. The number of amides is 2. The molecule has 42 heavy (non-hydrogen) atoms. The number of aryl methyl sites for hydroxylation is 2. The molecular weight excluding hydrogens is 570 g/mol. The zero-order chi connectivity index (χ0) is 30.3. The molecule has 3 aromatic rings. The largest absolute Gasteiger partial charge is 0.352 e. The Kier molecular flexibility index (Phi) is 10.7. The van der Waals surface area contributed by atoms with E-state index in [1.807, 2.05) is 44.2 Å². The number of anilines is 1. The van der Waals surface area contributed by atoms with E-state index in [9.17, 15) is 18.0 Å². The lowest BCUT2D eigenvalue weighted by atomic mass is 10.1.